The molecule has 0 aliphatic carbocycles. The largest absolute Gasteiger partial charge is 0.449 e. The summed E-state index contributed by atoms with van der Waals surface area (Å²) in [4.78, 5) is 36.4. The number of ether oxygens (including phenoxy) is 1. The van der Waals surface area contributed by atoms with Crippen molar-refractivity contribution in [1.29, 1.82) is 0 Å². The van der Waals surface area contributed by atoms with Crippen LogP contribution in [0.4, 0.5) is 0 Å². The van der Waals surface area contributed by atoms with E-state index in [1.807, 2.05) is 36.4 Å². The third-order valence-electron chi connectivity index (χ3n) is 5.62. The van der Waals surface area contributed by atoms with Crippen molar-refractivity contribution in [3.05, 3.63) is 60.4 Å². The summed E-state index contributed by atoms with van der Waals surface area (Å²) in [5.74, 6) is -0.0351. The van der Waals surface area contributed by atoms with E-state index in [-0.39, 0.29) is 5.91 Å². The maximum Gasteiger partial charge on any atom is 0.339 e. The summed E-state index contributed by atoms with van der Waals surface area (Å²) in [5, 5.41) is 0.696. The van der Waals surface area contributed by atoms with Gasteiger partial charge in [-0.2, -0.15) is 0 Å². The molecular weight excluding hydrogens is 378 g/mol. The van der Waals surface area contributed by atoms with Crippen LogP contribution in [-0.2, 0) is 9.53 Å². The Bertz CT molecular complexity index is 1060. The fourth-order valence-electron chi connectivity index (χ4n) is 3.77. The van der Waals surface area contributed by atoms with Gasteiger partial charge in [0.1, 0.15) is 0 Å². The van der Waals surface area contributed by atoms with Crippen molar-refractivity contribution < 1.29 is 14.3 Å². The summed E-state index contributed by atoms with van der Waals surface area (Å²) in [5.41, 5.74) is 2.53. The van der Waals surface area contributed by atoms with Gasteiger partial charge in [0.15, 0.2) is 6.10 Å². The molecule has 1 unspecified atom stereocenters. The van der Waals surface area contributed by atoms with Crippen LogP contribution in [-0.4, -0.2) is 45.9 Å². The number of pyridine rings is 2. The van der Waals surface area contributed by atoms with Gasteiger partial charge in [-0.1, -0.05) is 25.1 Å². The second kappa shape index (κ2) is 8.61. The molecule has 30 heavy (non-hydrogen) atoms. The lowest BCUT2D eigenvalue weighted by molar-refractivity contribution is -0.141. The number of likely N-dealkylation sites (tertiary alicyclic amines) is 1. The smallest absolute Gasteiger partial charge is 0.339 e. The van der Waals surface area contributed by atoms with E-state index in [0.717, 1.165) is 18.4 Å². The maximum absolute atomic E-state index is 13.1. The van der Waals surface area contributed by atoms with Crippen molar-refractivity contribution >= 4 is 22.8 Å². The van der Waals surface area contributed by atoms with E-state index in [0.29, 0.717) is 41.2 Å². The molecule has 1 saturated heterocycles. The lowest BCUT2D eigenvalue weighted by Gasteiger charge is -2.31. The molecule has 6 heteroatoms. The van der Waals surface area contributed by atoms with Crippen LogP contribution in [0.3, 0.4) is 0 Å². The van der Waals surface area contributed by atoms with E-state index < -0.39 is 12.1 Å². The van der Waals surface area contributed by atoms with E-state index in [1.165, 1.54) is 0 Å². The number of amides is 1. The third-order valence-corrected chi connectivity index (χ3v) is 5.62. The zero-order valence-corrected chi connectivity index (χ0v) is 17.2. The van der Waals surface area contributed by atoms with Crippen LogP contribution < -0.4 is 0 Å². The van der Waals surface area contributed by atoms with Crippen molar-refractivity contribution in [2.24, 2.45) is 5.92 Å². The predicted octanol–water partition coefficient (Wildman–Crippen LogP) is 4.10. The first-order valence-corrected chi connectivity index (χ1v) is 10.3. The van der Waals surface area contributed by atoms with Crippen LogP contribution in [0.15, 0.2) is 54.9 Å². The number of hydrogen-bond donors (Lipinski definition) is 0. The van der Waals surface area contributed by atoms with Crippen LogP contribution in [0, 0.1) is 5.92 Å². The normalized spacial score (nSPS) is 15.7. The van der Waals surface area contributed by atoms with E-state index in [1.54, 1.807) is 30.3 Å². The number of carbonyl (C=O) groups is 2. The molecule has 1 fully saturated rings. The number of para-hydroxylation sites is 1. The Morgan fingerprint density at radius 1 is 1.13 bits per heavy atom. The highest BCUT2D eigenvalue weighted by Crippen LogP contribution is 2.25. The fourth-order valence-corrected chi connectivity index (χ4v) is 3.77. The minimum atomic E-state index is -0.834. The number of aromatic nitrogens is 2. The lowest BCUT2D eigenvalue weighted by atomic mass is 9.99. The van der Waals surface area contributed by atoms with Gasteiger partial charge in [-0.05, 0) is 49.9 Å². The van der Waals surface area contributed by atoms with Crippen LogP contribution in [0.5, 0.6) is 0 Å². The first kappa shape index (κ1) is 20.0. The van der Waals surface area contributed by atoms with Gasteiger partial charge in [-0.3, -0.25) is 9.78 Å². The van der Waals surface area contributed by atoms with Crippen molar-refractivity contribution in [1.82, 2.24) is 14.9 Å². The van der Waals surface area contributed by atoms with Crippen molar-refractivity contribution in [3.63, 3.8) is 0 Å². The number of carbonyl (C=O) groups excluding carboxylic acids is 2. The highest BCUT2D eigenvalue weighted by molar-refractivity contribution is 6.05. The molecule has 4 rings (SSSR count). The number of rotatable bonds is 4. The Hall–Kier alpha value is -3.28. The second-order valence-electron chi connectivity index (χ2n) is 7.87. The molecular formula is C24H25N3O3. The number of fused-ring (bicyclic) bond motifs is 1. The maximum atomic E-state index is 13.1. The Morgan fingerprint density at radius 3 is 2.63 bits per heavy atom. The molecule has 2 aromatic heterocycles. The molecule has 1 aliphatic heterocycles. The molecule has 0 spiro atoms. The highest BCUT2D eigenvalue weighted by Gasteiger charge is 2.27. The molecule has 3 aromatic rings. The number of piperidine rings is 1. The highest BCUT2D eigenvalue weighted by atomic mass is 16.5. The number of hydrogen-bond acceptors (Lipinski definition) is 5. The molecule has 1 aromatic carbocycles. The van der Waals surface area contributed by atoms with Gasteiger partial charge < -0.3 is 9.64 Å². The fraction of sp³-hybridized carbons (Fsp3) is 0.333. The Kier molecular flexibility index (Phi) is 5.74. The number of benzene rings is 1. The van der Waals surface area contributed by atoms with E-state index in [4.69, 9.17) is 4.74 Å². The van der Waals surface area contributed by atoms with E-state index >= 15 is 0 Å². The molecule has 1 atom stereocenters. The van der Waals surface area contributed by atoms with E-state index in [2.05, 4.69) is 16.9 Å². The van der Waals surface area contributed by atoms with Gasteiger partial charge in [0.2, 0.25) is 0 Å². The summed E-state index contributed by atoms with van der Waals surface area (Å²) >= 11 is 0. The molecule has 0 N–H and O–H groups in total. The molecule has 1 aliphatic rings. The molecule has 6 nitrogen and oxygen atoms in total. The second-order valence-corrected chi connectivity index (χ2v) is 7.87. The van der Waals surface area contributed by atoms with Gasteiger partial charge >= 0.3 is 5.97 Å². The van der Waals surface area contributed by atoms with Gasteiger partial charge in [0.05, 0.1) is 16.8 Å². The zero-order chi connectivity index (χ0) is 21.1. The molecule has 0 radical (unpaired) electrons. The summed E-state index contributed by atoms with van der Waals surface area (Å²) in [6.07, 6.45) is 4.52. The lowest BCUT2D eigenvalue weighted by Crippen LogP contribution is -2.44. The minimum absolute atomic E-state index is 0.138. The molecule has 3 heterocycles. The molecule has 0 saturated carbocycles. The predicted molar refractivity (Wildman–Crippen MR) is 115 cm³/mol. The average Bonchev–Trinajstić information content (AvgIpc) is 2.78. The zero-order valence-electron chi connectivity index (χ0n) is 17.2. The standard InChI is InChI=1S/C24H25N3O3/c1-16-9-12-27(13-10-16)23(28)17(2)30-24(29)20-14-22(18-6-5-11-25-15-18)26-21-8-4-3-7-19(20)21/h3-8,11,14-17H,9-10,12-13H2,1-2H3. The van der Waals surface area contributed by atoms with Crippen LogP contribution in [0.2, 0.25) is 0 Å². The summed E-state index contributed by atoms with van der Waals surface area (Å²) in [7, 11) is 0. The summed E-state index contributed by atoms with van der Waals surface area (Å²) in [6.45, 7) is 5.26. The first-order valence-electron chi connectivity index (χ1n) is 10.3. The van der Waals surface area contributed by atoms with Crippen molar-refractivity contribution in [2.75, 3.05) is 13.1 Å². The van der Waals surface area contributed by atoms with Gasteiger partial charge in [0, 0.05) is 36.4 Å². The number of nitrogens with zero attached hydrogens (tertiary/aromatic N) is 3. The summed E-state index contributed by atoms with van der Waals surface area (Å²) in [6, 6.07) is 12.9. The number of esters is 1. The topological polar surface area (TPSA) is 72.4 Å². The molecule has 1 amide bonds. The van der Waals surface area contributed by atoms with E-state index in [9.17, 15) is 9.59 Å². The van der Waals surface area contributed by atoms with Crippen molar-refractivity contribution in [3.8, 4) is 11.3 Å². The van der Waals surface area contributed by atoms with Crippen LogP contribution in [0.1, 0.15) is 37.0 Å². The monoisotopic (exact) mass is 403 g/mol. The average molecular weight is 403 g/mol. The SMILES string of the molecule is CC1CCN(C(=O)C(C)OC(=O)c2cc(-c3cccnc3)nc3ccccc23)CC1. The Balaban J connectivity index is 1.60. The van der Waals surface area contributed by atoms with Crippen LogP contribution in [0.25, 0.3) is 22.2 Å². The van der Waals surface area contributed by atoms with Gasteiger partial charge in [0.25, 0.3) is 5.91 Å². The minimum Gasteiger partial charge on any atom is -0.449 e. The summed E-state index contributed by atoms with van der Waals surface area (Å²) < 4.78 is 5.60. The molecule has 154 valence electrons. The molecule has 0 bridgehead atoms. The quantitative estimate of drug-likeness (QED) is 0.613. The Labute approximate surface area is 175 Å². The van der Waals surface area contributed by atoms with Gasteiger partial charge in [-0.25, -0.2) is 9.78 Å². The Morgan fingerprint density at radius 2 is 1.90 bits per heavy atom. The van der Waals surface area contributed by atoms with Gasteiger partial charge in [-0.15, -0.1) is 0 Å². The first-order chi connectivity index (χ1) is 14.5. The van der Waals surface area contributed by atoms with Crippen LogP contribution >= 0.6 is 0 Å². The van der Waals surface area contributed by atoms with Crippen molar-refractivity contribution in [2.45, 2.75) is 32.8 Å². The third kappa shape index (κ3) is 4.17.